The van der Waals surface area contributed by atoms with Gasteiger partial charge in [0.05, 0.1) is 5.25 Å². The van der Waals surface area contributed by atoms with E-state index in [1.54, 1.807) is 24.3 Å². The monoisotopic (exact) mass is 280 g/mol. The van der Waals surface area contributed by atoms with Gasteiger partial charge in [0.1, 0.15) is 11.6 Å². The third-order valence-corrected chi connectivity index (χ3v) is 4.63. The first kappa shape index (κ1) is 13.9. The Balaban J connectivity index is 2.07. The van der Waals surface area contributed by atoms with E-state index >= 15 is 0 Å². The molecule has 0 aliphatic heterocycles. The fourth-order valence-electron chi connectivity index (χ4n) is 1.76. The minimum Gasteiger partial charge on any atom is -0.259 e. The zero-order chi connectivity index (χ0) is 13.8. The molecule has 2 rings (SSSR count). The predicted octanol–water partition coefficient (Wildman–Crippen LogP) is 3.97. The first-order valence-electron chi connectivity index (χ1n) is 5.93. The average Bonchev–Trinajstić information content (AvgIpc) is 2.41. The molecule has 2 unspecified atom stereocenters. The van der Waals surface area contributed by atoms with Gasteiger partial charge in [-0.3, -0.25) is 4.21 Å². The standard InChI is InChI=1S/C15H14F2OS/c1-11(13-4-8-15(17)9-5-13)19(18)10-12-2-6-14(16)7-3-12/h2-9,11H,10H2,1H3. The average molecular weight is 280 g/mol. The molecule has 1 nitrogen and oxygen atoms in total. The number of benzene rings is 2. The van der Waals surface area contributed by atoms with Crippen LogP contribution in [0.15, 0.2) is 48.5 Å². The zero-order valence-corrected chi connectivity index (χ0v) is 11.3. The summed E-state index contributed by atoms with van der Waals surface area (Å²) in [6, 6.07) is 12.0. The number of halogens is 2. The SMILES string of the molecule is CC(c1ccc(F)cc1)S(=O)Cc1ccc(F)cc1. The summed E-state index contributed by atoms with van der Waals surface area (Å²) in [6.07, 6.45) is 0. The van der Waals surface area contributed by atoms with Gasteiger partial charge in [0.25, 0.3) is 0 Å². The molecule has 4 heteroatoms. The Kier molecular flexibility index (Phi) is 4.43. The molecule has 0 spiro atoms. The van der Waals surface area contributed by atoms with Gasteiger partial charge < -0.3 is 0 Å². The second-order valence-corrected chi connectivity index (χ2v) is 6.10. The Morgan fingerprint density at radius 3 is 1.95 bits per heavy atom. The van der Waals surface area contributed by atoms with E-state index < -0.39 is 10.8 Å². The highest BCUT2D eigenvalue weighted by atomic mass is 32.2. The van der Waals surface area contributed by atoms with Gasteiger partial charge in [-0.25, -0.2) is 8.78 Å². The van der Waals surface area contributed by atoms with Crippen molar-refractivity contribution in [2.24, 2.45) is 0 Å². The minimum atomic E-state index is -1.12. The molecule has 100 valence electrons. The van der Waals surface area contributed by atoms with Crippen molar-refractivity contribution in [1.82, 2.24) is 0 Å². The van der Waals surface area contributed by atoms with Crippen LogP contribution >= 0.6 is 0 Å². The van der Waals surface area contributed by atoms with Crippen LogP contribution in [0.3, 0.4) is 0 Å². The van der Waals surface area contributed by atoms with E-state index in [1.165, 1.54) is 24.3 Å². The van der Waals surface area contributed by atoms with E-state index in [1.807, 2.05) is 6.92 Å². The second kappa shape index (κ2) is 6.06. The molecule has 0 radical (unpaired) electrons. The van der Waals surface area contributed by atoms with E-state index in [4.69, 9.17) is 0 Å². The van der Waals surface area contributed by atoms with Gasteiger partial charge in [-0.15, -0.1) is 0 Å². The van der Waals surface area contributed by atoms with Gasteiger partial charge in [-0.1, -0.05) is 24.3 Å². The molecule has 0 aliphatic rings. The Bertz CT molecular complexity index is 564. The third kappa shape index (κ3) is 3.70. The van der Waals surface area contributed by atoms with E-state index in [9.17, 15) is 13.0 Å². The lowest BCUT2D eigenvalue weighted by Gasteiger charge is -2.12. The van der Waals surface area contributed by atoms with Crippen molar-refractivity contribution in [2.45, 2.75) is 17.9 Å². The summed E-state index contributed by atoms with van der Waals surface area (Å²) in [4.78, 5) is 0. The predicted molar refractivity (Wildman–Crippen MR) is 73.1 cm³/mol. The number of hydrogen-bond donors (Lipinski definition) is 0. The van der Waals surface area contributed by atoms with Gasteiger partial charge in [0.2, 0.25) is 0 Å². The summed E-state index contributed by atoms with van der Waals surface area (Å²) >= 11 is 0. The fourth-order valence-corrected chi connectivity index (χ4v) is 2.99. The molecule has 0 bridgehead atoms. The summed E-state index contributed by atoms with van der Waals surface area (Å²) in [6.45, 7) is 1.84. The summed E-state index contributed by atoms with van der Waals surface area (Å²) in [5.41, 5.74) is 1.66. The molecule has 0 saturated carbocycles. The van der Waals surface area contributed by atoms with Crippen molar-refractivity contribution in [3.63, 3.8) is 0 Å². The highest BCUT2D eigenvalue weighted by molar-refractivity contribution is 7.84. The summed E-state index contributed by atoms with van der Waals surface area (Å²) in [5.74, 6) is -0.250. The smallest absolute Gasteiger partial charge is 0.123 e. The first-order valence-corrected chi connectivity index (χ1v) is 7.31. The molecule has 0 aliphatic carbocycles. The maximum atomic E-state index is 12.8. The Morgan fingerprint density at radius 2 is 1.42 bits per heavy atom. The summed E-state index contributed by atoms with van der Waals surface area (Å²) < 4.78 is 37.8. The van der Waals surface area contributed by atoms with Gasteiger partial charge in [-0.2, -0.15) is 0 Å². The largest absolute Gasteiger partial charge is 0.259 e. The maximum absolute atomic E-state index is 12.8. The Morgan fingerprint density at radius 1 is 0.947 bits per heavy atom. The minimum absolute atomic E-state index is 0.189. The molecule has 2 aromatic carbocycles. The van der Waals surface area contributed by atoms with Crippen molar-refractivity contribution < 1.29 is 13.0 Å². The molecule has 0 heterocycles. The molecule has 19 heavy (non-hydrogen) atoms. The van der Waals surface area contributed by atoms with Gasteiger partial charge >= 0.3 is 0 Å². The lowest BCUT2D eigenvalue weighted by atomic mass is 10.2. The topological polar surface area (TPSA) is 17.1 Å². The number of hydrogen-bond acceptors (Lipinski definition) is 1. The Hall–Kier alpha value is -1.55. The van der Waals surface area contributed by atoms with Gasteiger partial charge in [0, 0.05) is 16.6 Å². The van der Waals surface area contributed by atoms with Crippen LogP contribution in [-0.2, 0) is 16.6 Å². The van der Waals surface area contributed by atoms with E-state index in [2.05, 4.69) is 0 Å². The maximum Gasteiger partial charge on any atom is 0.123 e. The molecular weight excluding hydrogens is 266 g/mol. The van der Waals surface area contributed by atoms with Crippen LogP contribution in [0, 0.1) is 11.6 Å². The third-order valence-electron chi connectivity index (χ3n) is 2.96. The zero-order valence-electron chi connectivity index (χ0n) is 10.5. The molecule has 0 amide bonds. The molecule has 0 fully saturated rings. The first-order chi connectivity index (χ1) is 9.06. The Labute approximate surface area is 113 Å². The normalized spacial score (nSPS) is 14.1. The van der Waals surface area contributed by atoms with Crippen molar-refractivity contribution in [3.8, 4) is 0 Å². The van der Waals surface area contributed by atoms with Crippen LogP contribution in [0.5, 0.6) is 0 Å². The fraction of sp³-hybridized carbons (Fsp3) is 0.200. The molecule has 0 aromatic heterocycles. The van der Waals surface area contributed by atoms with Crippen molar-refractivity contribution in [3.05, 3.63) is 71.3 Å². The quantitative estimate of drug-likeness (QED) is 0.828. The van der Waals surface area contributed by atoms with Crippen molar-refractivity contribution in [1.29, 1.82) is 0 Å². The lowest BCUT2D eigenvalue weighted by molar-refractivity contribution is 0.626. The number of rotatable bonds is 4. The highest BCUT2D eigenvalue weighted by Crippen LogP contribution is 2.22. The molecule has 2 aromatic rings. The van der Waals surface area contributed by atoms with Crippen LogP contribution in [0.2, 0.25) is 0 Å². The molecular formula is C15H14F2OS. The summed E-state index contributed by atoms with van der Waals surface area (Å²) in [7, 11) is -1.12. The van der Waals surface area contributed by atoms with E-state index in [0.29, 0.717) is 5.75 Å². The molecule has 0 saturated heterocycles. The van der Waals surface area contributed by atoms with Crippen LogP contribution in [-0.4, -0.2) is 4.21 Å². The van der Waals surface area contributed by atoms with Crippen molar-refractivity contribution >= 4 is 10.8 Å². The van der Waals surface area contributed by atoms with Crippen LogP contribution in [0.25, 0.3) is 0 Å². The van der Waals surface area contributed by atoms with Crippen molar-refractivity contribution in [2.75, 3.05) is 0 Å². The molecule has 0 N–H and O–H groups in total. The lowest BCUT2D eigenvalue weighted by Crippen LogP contribution is -2.05. The van der Waals surface area contributed by atoms with Gasteiger partial charge in [0.15, 0.2) is 0 Å². The van der Waals surface area contributed by atoms with E-state index in [0.717, 1.165) is 11.1 Å². The highest BCUT2D eigenvalue weighted by Gasteiger charge is 2.14. The van der Waals surface area contributed by atoms with Crippen LogP contribution in [0.1, 0.15) is 23.3 Å². The van der Waals surface area contributed by atoms with Crippen LogP contribution < -0.4 is 0 Å². The molecule has 2 atom stereocenters. The van der Waals surface area contributed by atoms with Crippen LogP contribution in [0.4, 0.5) is 8.78 Å². The van der Waals surface area contributed by atoms with E-state index in [-0.39, 0.29) is 16.9 Å². The second-order valence-electron chi connectivity index (χ2n) is 4.35. The summed E-state index contributed by atoms with van der Waals surface area (Å²) in [5, 5.41) is -0.189. The van der Waals surface area contributed by atoms with Gasteiger partial charge in [-0.05, 0) is 42.3 Å².